The molecule has 2 aromatic rings. The van der Waals surface area contributed by atoms with Crippen molar-refractivity contribution < 1.29 is 13.5 Å². The number of H-pyrrole nitrogens is 1. The molecule has 0 saturated heterocycles. The van der Waals surface area contributed by atoms with Gasteiger partial charge in [0, 0.05) is 6.04 Å². The monoisotopic (exact) mass is 307 g/mol. The molecule has 6 nitrogen and oxygen atoms in total. The maximum Gasteiger partial charge on any atom is 0.268 e. The van der Waals surface area contributed by atoms with Gasteiger partial charge in [-0.3, -0.25) is 9.40 Å². The van der Waals surface area contributed by atoms with E-state index < -0.39 is 16.6 Å². The second kappa shape index (κ2) is 4.85. The lowest BCUT2D eigenvalue weighted by atomic mass is 10.1. The number of nitrogens with zero attached hydrogens (tertiary/aromatic N) is 2. The van der Waals surface area contributed by atoms with Crippen LogP contribution in [0.1, 0.15) is 23.9 Å². The summed E-state index contributed by atoms with van der Waals surface area (Å²) in [5.41, 5.74) is 2.31. The molecule has 3 rings (SSSR count). The van der Waals surface area contributed by atoms with Crippen LogP contribution < -0.4 is 4.31 Å². The maximum atomic E-state index is 13.0. The largest absolute Gasteiger partial charge is 0.390 e. The number of aromatic amines is 1. The number of aryl methyl sites for hydroxylation is 1. The van der Waals surface area contributed by atoms with Crippen molar-refractivity contribution in [2.45, 2.75) is 37.8 Å². The summed E-state index contributed by atoms with van der Waals surface area (Å²) in [7, 11) is -3.75. The molecule has 7 heteroatoms. The fourth-order valence-corrected chi connectivity index (χ4v) is 4.94. The summed E-state index contributed by atoms with van der Waals surface area (Å²) in [6, 6.07) is 7.33. The molecular formula is C14H17N3O3S. The highest BCUT2D eigenvalue weighted by Crippen LogP contribution is 2.37. The number of rotatable bonds is 3. The van der Waals surface area contributed by atoms with E-state index in [-0.39, 0.29) is 16.6 Å². The number of aromatic nitrogens is 2. The number of hydrogen-bond acceptors (Lipinski definition) is 4. The van der Waals surface area contributed by atoms with Gasteiger partial charge in [0.15, 0.2) is 0 Å². The summed E-state index contributed by atoms with van der Waals surface area (Å²) in [4.78, 5) is 0.0774. The Labute approximate surface area is 123 Å². The highest BCUT2D eigenvalue weighted by Gasteiger charge is 2.38. The molecule has 1 aliphatic heterocycles. The molecule has 1 aliphatic rings. The summed E-state index contributed by atoms with van der Waals surface area (Å²) in [5, 5.41) is 15.8. The molecule has 1 aromatic carbocycles. The first-order valence-corrected chi connectivity index (χ1v) is 8.18. The molecule has 1 unspecified atom stereocenters. The predicted molar refractivity (Wildman–Crippen MR) is 78.5 cm³/mol. The van der Waals surface area contributed by atoms with Crippen molar-refractivity contribution in [3.63, 3.8) is 0 Å². The van der Waals surface area contributed by atoms with Crippen LogP contribution in [0.2, 0.25) is 0 Å². The summed E-state index contributed by atoms with van der Waals surface area (Å²) in [6.45, 7) is 3.11. The summed E-state index contributed by atoms with van der Waals surface area (Å²) >= 11 is 0. The maximum absolute atomic E-state index is 13.0. The molecule has 0 radical (unpaired) electrons. The van der Waals surface area contributed by atoms with Gasteiger partial charge in [0.25, 0.3) is 10.0 Å². The number of para-hydroxylation sites is 1. The van der Waals surface area contributed by atoms with Crippen molar-refractivity contribution in [1.29, 1.82) is 0 Å². The van der Waals surface area contributed by atoms with Crippen molar-refractivity contribution >= 4 is 15.7 Å². The standard InChI is InChI=1S/C14H17N3O3S/c1-9-7-11-5-3-4-6-13(11)17(9)21(19,20)14-10(2)15-16-12(14)8-18/h3-6,9,18H,7-8H2,1-2H3,(H,15,16). The molecule has 0 saturated carbocycles. The van der Waals surface area contributed by atoms with Crippen molar-refractivity contribution in [2.24, 2.45) is 0 Å². The molecule has 0 fully saturated rings. The fourth-order valence-electron chi connectivity index (χ4n) is 2.92. The van der Waals surface area contributed by atoms with E-state index >= 15 is 0 Å². The number of aliphatic hydroxyl groups is 1. The van der Waals surface area contributed by atoms with Gasteiger partial charge < -0.3 is 5.11 Å². The van der Waals surface area contributed by atoms with Gasteiger partial charge in [0.1, 0.15) is 10.6 Å². The Hall–Kier alpha value is -1.86. The Kier molecular flexibility index (Phi) is 3.26. The molecule has 0 amide bonds. The van der Waals surface area contributed by atoms with Crippen LogP contribution >= 0.6 is 0 Å². The normalized spacial score (nSPS) is 18.0. The van der Waals surface area contributed by atoms with Gasteiger partial charge in [-0.05, 0) is 31.9 Å². The number of anilines is 1. The lowest BCUT2D eigenvalue weighted by molar-refractivity contribution is 0.273. The third-order valence-corrected chi connectivity index (χ3v) is 5.90. The zero-order chi connectivity index (χ0) is 15.2. The van der Waals surface area contributed by atoms with Crippen molar-refractivity contribution in [2.75, 3.05) is 4.31 Å². The Morgan fingerprint density at radius 2 is 2.14 bits per heavy atom. The Balaban J connectivity index is 2.17. The third-order valence-electron chi connectivity index (χ3n) is 3.77. The molecule has 2 heterocycles. The highest BCUT2D eigenvalue weighted by molar-refractivity contribution is 7.93. The van der Waals surface area contributed by atoms with Crippen molar-refractivity contribution in [3.05, 3.63) is 41.2 Å². The number of sulfonamides is 1. The third kappa shape index (κ3) is 2.04. The quantitative estimate of drug-likeness (QED) is 0.896. The molecule has 1 atom stereocenters. The van der Waals surface area contributed by atoms with Gasteiger partial charge in [0.2, 0.25) is 0 Å². The van der Waals surface area contributed by atoms with E-state index in [0.29, 0.717) is 17.8 Å². The van der Waals surface area contributed by atoms with E-state index in [9.17, 15) is 13.5 Å². The molecule has 112 valence electrons. The molecule has 0 spiro atoms. The first kappa shape index (κ1) is 14.1. The highest BCUT2D eigenvalue weighted by atomic mass is 32.2. The Morgan fingerprint density at radius 3 is 2.86 bits per heavy atom. The van der Waals surface area contributed by atoms with Gasteiger partial charge >= 0.3 is 0 Å². The van der Waals surface area contributed by atoms with E-state index in [1.54, 1.807) is 6.92 Å². The van der Waals surface area contributed by atoms with Crippen LogP contribution in [-0.2, 0) is 23.1 Å². The molecule has 1 aromatic heterocycles. The lowest BCUT2D eigenvalue weighted by Crippen LogP contribution is -2.36. The van der Waals surface area contributed by atoms with Crippen LogP contribution in [0.4, 0.5) is 5.69 Å². The Morgan fingerprint density at radius 1 is 1.43 bits per heavy atom. The van der Waals surface area contributed by atoms with Crippen LogP contribution in [0.5, 0.6) is 0 Å². The molecule has 2 N–H and O–H groups in total. The van der Waals surface area contributed by atoms with Crippen LogP contribution in [0.15, 0.2) is 29.2 Å². The number of nitrogens with one attached hydrogen (secondary N) is 1. The van der Waals surface area contributed by atoms with Gasteiger partial charge in [0.05, 0.1) is 18.0 Å². The van der Waals surface area contributed by atoms with Crippen LogP contribution in [0, 0.1) is 6.92 Å². The number of benzene rings is 1. The summed E-state index contributed by atoms with van der Waals surface area (Å²) < 4.78 is 27.5. The Bertz CT molecular complexity index is 783. The second-order valence-corrected chi connectivity index (χ2v) is 7.02. The first-order chi connectivity index (χ1) is 9.96. The summed E-state index contributed by atoms with van der Waals surface area (Å²) in [6.07, 6.45) is 0.681. The minimum Gasteiger partial charge on any atom is -0.390 e. The topological polar surface area (TPSA) is 86.3 Å². The van der Waals surface area contributed by atoms with Gasteiger partial charge in [-0.25, -0.2) is 8.42 Å². The first-order valence-electron chi connectivity index (χ1n) is 6.74. The molecule has 0 aliphatic carbocycles. The number of fused-ring (bicyclic) bond motifs is 1. The van der Waals surface area contributed by atoms with E-state index in [1.807, 2.05) is 31.2 Å². The fraction of sp³-hybridized carbons (Fsp3) is 0.357. The zero-order valence-electron chi connectivity index (χ0n) is 11.9. The summed E-state index contributed by atoms with van der Waals surface area (Å²) in [5.74, 6) is 0. The smallest absolute Gasteiger partial charge is 0.268 e. The van der Waals surface area contributed by atoms with E-state index in [4.69, 9.17) is 0 Å². The van der Waals surface area contributed by atoms with Gasteiger partial charge in [-0.15, -0.1) is 0 Å². The average Bonchev–Trinajstić information content (AvgIpc) is 2.98. The van der Waals surface area contributed by atoms with Crippen LogP contribution in [0.3, 0.4) is 0 Å². The van der Waals surface area contributed by atoms with Gasteiger partial charge in [-0.2, -0.15) is 5.10 Å². The van der Waals surface area contributed by atoms with E-state index in [1.165, 1.54) is 4.31 Å². The molecular weight excluding hydrogens is 290 g/mol. The van der Waals surface area contributed by atoms with E-state index in [2.05, 4.69) is 10.2 Å². The molecule has 21 heavy (non-hydrogen) atoms. The zero-order valence-corrected chi connectivity index (χ0v) is 12.7. The van der Waals surface area contributed by atoms with Crippen LogP contribution in [-0.4, -0.2) is 29.8 Å². The predicted octanol–water partition coefficient (Wildman–Crippen LogP) is 1.35. The second-order valence-electron chi connectivity index (χ2n) is 5.27. The number of hydrogen-bond donors (Lipinski definition) is 2. The van der Waals surface area contributed by atoms with Gasteiger partial charge in [-0.1, -0.05) is 18.2 Å². The average molecular weight is 307 g/mol. The number of aliphatic hydroxyl groups excluding tert-OH is 1. The minimum absolute atomic E-state index is 0.0774. The lowest BCUT2D eigenvalue weighted by Gasteiger charge is -2.24. The van der Waals surface area contributed by atoms with Crippen molar-refractivity contribution in [3.8, 4) is 0 Å². The SMILES string of the molecule is Cc1[nH]nc(CO)c1S(=O)(=O)N1c2ccccc2CC1C. The van der Waals surface area contributed by atoms with E-state index in [0.717, 1.165) is 5.56 Å². The molecule has 0 bridgehead atoms. The van der Waals surface area contributed by atoms with Crippen molar-refractivity contribution in [1.82, 2.24) is 10.2 Å². The van der Waals surface area contributed by atoms with Crippen LogP contribution in [0.25, 0.3) is 0 Å². The minimum atomic E-state index is -3.75.